The van der Waals surface area contributed by atoms with Crippen LogP contribution in [0, 0.1) is 6.92 Å². The largest absolute Gasteiger partial charge is 0.357 e. The molecule has 6 nitrogen and oxygen atoms in total. The van der Waals surface area contributed by atoms with Crippen molar-refractivity contribution < 1.29 is 8.42 Å². The second-order valence-corrected chi connectivity index (χ2v) is 7.72. The van der Waals surface area contributed by atoms with Gasteiger partial charge in [0, 0.05) is 13.1 Å². The Kier molecular flexibility index (Phi) is 7.17. The first-order valence-electron chi connectivity index (χ1n) is 8.55. The first kappa shape index (κ1) is 19.9. The van der Waals surface area contributed by atoms with Crippen molar-refractivity contribution in [3.63, 3.8) is 0 Å². The van der Waals surface area contributed by atoms with E-state index in [0.717, 1.165) is 12.1 Å². The Morgan fingerprint density at radius 3 is 2.54 bits per heavy atom. The molecule has 0 unspecified atom stereocenters. The minimum absolute atomic E-state index is 0.241. The number of nitrogens with zero attached hydrogens (tertiary/aromatic N) is 1. The molecule has 0 radical (unpaired) electrons. The van der Waals surface area contributed by atoms with Crippen molar-refractivity contribution in [2.24, 2.45) is 4.99 Å². The maximum Gasteiger partial charge on any atom is 0.240 e. The van der Waals surface area contributed by atoms with Crippen LogP contribution in [0.1, 0.15) is 23.6 Å². The maximum absolute atomic E-state index is 11.9. The van der Waals surface area contributed by atoms with E-state index in [4.69, 9.17) is 0 Å². The zero-order valence-corrected chi connectivity index (χ0v) is 16.2. The standard InChI is InChI=1S/C19H26N4O2S/c1-4-21-19(23-14-17-10-6-5-8-15(17)2)22-13-16-9-7-11-18(12-16)26(24,25)20-3/h5-12,20H,4,13-14H2,1-3H3,(H2,21,22,23). The predicted molar refractivity (Wildman–Crippen MR) is 106 cm³/mol. The van der Waals surface area contributed by atoms with Crippen molar-refractivity contribution in [3.05, 3.63) is 65.2 Å². The zero-order chi connectivity index (χ0) is 19.0. The van der Waals surface area contributed by atoms with Crippen LogP contribution in [0.15, 0.2) is 58.4 Å². The molecule has 0 saturated carbocycles. The topological polar surface area (TPSA) is 82.6 Å². The molecule has 0 aliphatic heterocycles. The van der Waals surface area contributed by atoms with E-state index < -0.39 is 10.0 Å². The minimum Gasteiger partial charge on any atom is -0.357 e. The zero-order valence-electron chi connectivity index (χ0n) is 15.4. The van der Waals surface area contributed by atoms with Crippen LogP contribution in [-0.4, -0.2) is 28.0 Å². The predicted octanol–water partition coefficient (Wildman–Crippen LogP) is 2.16. The lowest BCUT2D eigenvalue weighted by Gasteiger charge is -2.13. The highest BCUT2D eigenvalue weighted by atomic mass is 32.2. The molecule has 0 amide bonds. The van der Waals surface area contributed by atoms with Crippen molar-refractivity contribution in [3.8, 4) is 0 Å². The van der Waals surface area contributed by atoms with Gasteiger partial charge in [0.15, 0.2) is 5.96 Å². The average molecular weight is 375 g/mol. The van der Waals surface area contributed by atoms with Gasteiger partial charge in [-0.3, -0.25) is 0 Å². The van der Waals surface area contributed by atoms with E-state index in [9.17, 15) is 8.42 Å². The summed E-state index contributed by atoms with van der Waals surface area (Å²) in [6.45, 7) is 5.89. The fourth-order valence-electron chi connectivity index (χ4n) is 2.43. The molecule has 2 rings (SSSR count). The molecule has 0 saturated heterocycles. The summed E-state index contributed by atoms with van der Waals surface area (Å²) in [4.78, 5) is 4.80. The second kappa shape index (κ2) is 9.35. The highest BCUT2D eigenvalue weighted by Crippen LogP contribution is 2.12. The lowest BCUT2D eigenvalue weighted by molar-refractivity contribution is 0.588. The maximum atomic E-state index is 11.9. The number of hydrogen-bond donors (Lipinski definition) is 3. The summed E-state index contributed by atoms with van der Waals surface area (Å²) in [5.41, 5.74) is 3.26. The van der Waals surface area contributed by atoms with E-state index in [2.05, 4.69) is 39.4 Å². The summed E-state index contributed by atoms with van der Waals surface area (Å²) in [5.74, 6) is 0.692. The van der Waals surface area contributed by atoms with E-state index in [-0.39, 0.29) is 4.90 Å². The van der Waals surface area contributed by atoms with E-state index in [1.807, 2.05) is 25.1 Å². The fourth-order valence-corrected chi connectivity index (χ4v) is 3.23. The Bertz CT molecular complexity index is 863. The minimum atomic E-state index is -3.45. The molecule has 2 aromatic carbocycles. The van der Waals surface area contributed by atoms with Gasteiger partial charge in [0.05, 0.1) is 11.4 Å². The molecule has 0 aliphatic rings. The summed E-state index contributed by atoms with van der Waals surface area (Å²) in [6, 6.07) is 15.0. The fraction of sp³-hybridized carbons (Fsp3) is 0.316. The molecule has 0 spiro atoms. The molecule has 0 atom stereocenters. The van der Waals surface area contributed by atoms with Crippen molar-refractivity contribution in [1.82, 2.24) is 15.4 Å². The van der Waals surface area contributed by atoms with Crippen molar-refractivity contribution >= 4 is 16.0 Å². The number of benzene rings is 2. The molecule has 0 aliphatic carbocycles. The Morgan fingerprint density at radius 2 is 1.85 bits per heavy atom. The molecular weight excluding hydrogens is 348 g/mol. The summed E-state index contributed by atoms with van der Waals surface area (Å²) in [5, 5.41) is 6.52. The van der Waals surface area contributed by atoms with Crippen LogP contribution in [0.2, 0.25) is 0 Å². The molecule has 140 valence electrons. The molecule has 0 aromatic heterocycles. The third-order valence-electron chi connectivity index (χ3n) is 3.95. The van der Waals surface area contributed by atoms with Crippen LogP contribution >= 0.6 is 0 Å². The van der Waals surface area contributed by atoms with E-state index in [1.54, 1.807) is 18.2 Å². The third-order valence-corrected chi connectivity index (χ3v) is 5.36. The normalized spacial score (nSPS) is 12.0. The monoisotopic (exact) mass is 374 g/mol. The highest BCUT2D eigenvalue weighted by molar-refractivity contribution is 7.89. The summed E-state index contributed by atoms with van der Waals surface area (Å²) >= 11 is 0. The average Bonchev–Trinajstić information content (AvgIpc) is 2.65. The summed E-state index contributed by atoms with van der Waals surface area (Å²) < 4.78 is 26.2. The van der Waals surface area contributed by atoms with Gasteiger partial charge in [-0.1, -0.05) is 36.4 Å². The van der Waals surface area contributed by atoms with Gasteiger partial charge in [-0.15, -0.1) is 0 Å². The molecule has 7 heteroatoms. The number of aliphatic imine (C=N–C) groups is 1. The van der Waals surface area contributed by atoms with Crippen LogP contribution < -0.4 is 15.4 Å². The first-order valence-corrected chi connectivity index (χ1v) is 10.0. The number of aryl methyl sites for hydroxylation is 1. The van der Waals surface area contributed by atoms with Gasteiger partial charge in [-0.25, -0.2) is 18.1 Å². The smallest absolute Gasteiger partial charge is 0.240 e. The lowest BCUT2D eigenvalue weighted by atomic mass is 10.1. The van der Waals surface area contributed by atoms with E-state index >= 15 is 0 Å². The summed E-state index contributed by atoms with van der Waals surface area (Å²) in [7, 11) is -2.05. The Labute approximate surface area is 155 Å². The number of hydrogen-bond acceptors (Lipinski definition) is 3. The van der Waals surface area contributed by atoms with Gasteiger partial charge < -0.3 is 10.6 Å². The Balaban J connectivity index is 2.09. The number of guanidine groups is 1. The van der Waals surface area contributed by atoms with Crippen molar-refractivity contribution in [1.29, 1.82) is 0 Å². The van der Waals surface area contributed by atoms with Gasteiger partial charge in [0.1, 0.15) is 0 Å². The van der Waals surface area contributed by atoms with Crippen LogP contribution in [0.25, 0.3) is 0 Å². The molecule has 0 bridgehead atoms. The van der Waals surface area contributed by atoms with Gasteiger partial charge in [0.25, 0.3) is 0 Å². The Hall–Kier alpha value is -2.38. The van der Waals surface area contributed by atoms with Gasteiger partial charge in [0.2, 0.25) is 10.0 Å². The van der Waals surface area contributed by atoms with Crippen molar-refractivity contribution in [2.75, 3.05) is 13.6 Å². The number of rotatable bonds is 7. The van der Waals surface area contributed by atoms with Gasteiger partial charge in [-0.05, 0) is 49.7 Å². The lowest BCUT2D eigenvalue weighted by Crippen LogP contribution is -2.36. The molecule has 2 aromatic rings. The van der Waals surface area contributed by atoms with Crippen LogP contribution in [0.4, 0.5) is 0 Å². The summed E-state index contributed by atoms with van der Waals surface area (Å²) in [6.07, 6.45) is 0. The number of nitrogens with one attached hydrogen (secondary N) is 3. The number of sulfonamides is 1. The van der Waals surface area contributed by atoms with E-state index in [0.29, 0.717) is 19.0 Å². The molecular formula is C19H26N4O2S. The van der Waals surface area contributed by atoms with Crippen LogP contribution in [0.3, 0.4) is 0 Å². The van der Waals surface area contributed by atoms with E-state index in [1.165, 1.54) is 18.2 Å². The first-order chi connectivity index (χ1) is 12.5. The molecule has 0 heterocycles. The Morgan fingerprint density at radius 1 is 1.08 bits per heavy atom. The van der Waals surface area contributed by atoms with Crippen LogP contribution in [0.5, 0.6) is 0 Å². The SMILES string of the molecule is CCNC(=NCc1cccc(S(=O)(=O)NC)c1)NCc1ccccc1C. The van der Waals surface area contributed by atoms with Crippen LogP contribution in [-0.2, 0) is 23.1 Å². The van der Waals surface area contributed by atoms with Gasteiger partial charge >= 0.3 is 0 Å². The second-order valence-electron chi connectivity index (χ2n) is 5.83. The molecule has 0 fully saturated rings. The quantitative estimate of drug-likeness (QED) is 0.512. The van der Waals surface area contributed by atoms with Gasteiger partial charge in [-0.2, -0.15) is 0 Å². The highest BCUT2D eigenvalue weighted by Gasteiger charge is 2.11. The molecule has 3 N–H and O–H groups in total. The molecule has 26 heavy (non-hydrogen) atoms. The third kappa shape index (κ3) is 5.57. The van der Waals surface area contributed by atoms with Crippen molar-refractivity contribution in [2.45, 2.75) is 31.8 Å².